The fourth-order valence-electron chi connectivity index (χ4n) is 3.56. The van der Waals surface area contributed by atoms with Gasteiger partial charge in [-0.2, -0.15) is 0 Å². The van der Waals surface area contributed by atoms with Crippen LogP contribution in [0.4, 0.5) is 0 Å². The van der Waals surface area contributed by atoms with Crippen molar-refractivity contribution in [2.24, 2.45) is 0 Å². The van der Waals surface area contributed by atoms with Crippen LogP contribution in [-0.2, 0) is 19.6 Å². The molecule has 0 unspecified atom stereocenters. The Kier molecular flexibility index (Phi) is 5.78. The normalized spacial score (nSPS) is 11.5. The molecule has 3 aromatic heterocycles. The van der Waals surface area contributed by atoms with Crippen LogP contribution in [0.15, 0.2) is 55.2 Å². The molecule has 0 radical (unpaired) electrons. The topological polar surface area (TPSA) is 46.1 Å². The molecule has 0 fully saturated rings. The lowest BCUT2D eigenvalue weighted by molar-refractivity contribution is 0.251. The van der Waals surface area contributed by atoms with E-state index in [1.807, 2.05) is 36.1 Å². The fourth-order valence-corrected chi connectivity index (χ4v) is 4.50. The molecule has 146 valence electrons. The zero-order chi connectivity index (χ0) is 19.3. The molecule has 4 rings (SSSR count). The van der Waals surface area contributed by atoms with Gasteiger partial charge in [-0.15, -0.1) is 11.3 Å². The van der Waals surface area contributed by atoms with Crippen LogP contribution in [0, 0.1) is 6.92 Å². The molecule has 1 N–H and O–H groups in total. The van der Waals surface area contributed by atoms with Gasteiger partial charge in [0.2, 0.25) is 0 Å². The predicted octanol–water partition coefficient (Wildman–Crippen LogP) is 4.84. The highest BCUT2D eigenvalue weighted by Gasteiger charge is 2.12. The molecule has 0 aliphatic heterocycles. The molecule has 0 spiro atoms. The summed E-state index contributed by atoms with van der Waals surface area (Å²) in [6.45, 7) is 6.10. The zero-order valence-electron chi connectivity index (χ0n) is 16.4. The predicted molar refractivity (Wildman–Crippen MR) is 115 cm³/mol. The maximum Gasteiger partial charge on any atom is 0.120 e. The first-order valence-corrected chi connectivity index (χ1v) is 10.4. The summed E-state index contributed by atoms with van der Waals surface area (Å²) in [4.78, 5) is 12.9. The van der Waals surface area contributed by atoms with E-state index in [4.69, 9.17) is 4.74 Å². The maximum absolute atomic E-state index is 5.35. The summed E-state index contributed by atoms with van der Waals surface area (Å²) in [6, 6.07) is 10.7. The third kappa shape index (κ3) is 4.46. The molecular formula is C22H26N4OS. The highest BCUT2D eigenvalue weighted by molar-refractivity contribution is 7.11. The smallest absolute Gasteiger partial charge is 0.120 e. The van der Waals surface area contributed by atoms with Crippen molar-refractivity contribution < 1.29 is 4.74 Å². The summed E-state index contributed by atoms with van der Waals surface area (Å²) >= 11 is 1.89. The van der Waals surface area contributed by atoms with E-state index in [0.29, 0.717) is 0 Å². The summed E-state index contributed by atoms with van der Waals surface area (Å²) < 4.78 is 7.49. The van der Waals surface area contributed by atoms with Gasteiger partial charge in [-0.25, -0.2) is 4.98 Å². The lowest BCUT2D eigenvalue weighted by atomic mass is 10.1. The molecule has 28 heavy (non-hydrogen) atoms. The van der Waals surface area contributed by atoms with Crippen LogP contribution in [0.1, 0.15) is 21.7 Å². The van der Waals surface area contributed by atoms with Crippen molar-refractivity contribution in [2.75, 3.05) is 13.7 Å². The van der Waals surface area contributed by atoms with E-state index in [-0.39, 0.29) is 0 Å². The molecule has 0 amide bonds. The fraction of sp³-hybridized carbons (Fsp3) is 0.318. The van der Waals surface area contributed by atoms with Gasteiger partial charge in [-0.3, -0.25) is 4.90 Å². The number of benzene rings is 1. The van der Waals surface area contributed by atoms with Crippen molar-refractivity contribution >= 4 is 22.2 Å². The van der Waals surface area contributed by atoms with Crippen molar-refractivity contribution in [3.63, 3.8) is 0 Å². The standard InChI is InChI=1S/C22H26N4OS/c1-17-4-6-20(28-17)15-26(10-3-9-25-11-8-23-16-25)14-18-13-24-22-12-19(27-2)5-7-21(18)22/h4-8,11-13,16,24H,3,9-10,14-15H2,1-2H3. The molecule has 0 saturated carbocycles. The number of imidazole rings is 1. The van der Waals surface area contributed by atoms with Crippen LogP contribution in [0.2, 0.25) is 0 Å². The van der Waals surface area contributed by atoms with Crippen LogP contribution in [-0.4, -0.2) is 33.1 Å². The number of nitrogens with zero attached hydrogens (tertiary/aromatic N) is 3. The minimum absolute atomic E-state index is 0.882. The van der Waals surface area contributed by atoms with Gasteiger partial charge < -0.3 is 14.3 Å². The Morgan fingerprint density at radius 2 is 2.14 bits per heavy atom. The second kappa shape index (κ2) is 8.63. The van der Waals surface area contributed by atoms with Crippen molar-refractivity contribution in [3.05, 3.63) is 70.6 Å². The molecule has 0 aliphatic rings. The van der Waals surface area contributed by atoms with Crippen LogP contribution >= 0.6 is 11.3 Å². The Morgan fingerprint density at radius 3 is 2.89 bits per heavy atom. The van der Waals surface area contributed by atoms with E-state index >= 15 is 0 Å². The number of H-pyrrole nitrogens is 1. The van der Waals surface area contributed by atoms with Gasteiger partial charge in [0.15, 0.2) is 0 Å². The van der Waals surface area contributed by atoms with Gasteiger partial charge in [-0.1, -0.05) is 0 Å². The Morgan fingerprint density at radius 1 is 1.21 bits per heavy atom. The molecule has 4 aromatic rings. The number of aromatic nitrogens is 3. The molecule has 0 aliphatic carbocycles. The maximum atomic E-state index is 5.35. The average molecular weight is 395 g/mol. The molecular weight excluding hydrogens is 368 g/mol. The monoisotopic (exact) mass is 394 g/mol. The SMILES string of the molecule is COc1ccc2c(CN(CCCn3ccnc3)Cc3ccc(C)s3)c[nH]c2c1. The minimum atomic E-state index is 0.882. The van der Waals surface area contributed by atoms with E-state index in [2.05, 4.69) is 56.8 Å². The first kappa shape index (κ1) is 18.8. The highest BCUT2D eigenvalue weighted by Crippen LogP contribution is 2.25. The summed E-state index contributed by atoms with van der Waals surface area (Å²) in [5.74, 6) is 0.882. The number of hydrogen-bond acceptors (Lipinski definition) is 4. The molecule has 0 saturated heterocycles. The van der Waals surface area contributed by atoms with Gasteiger partial charge in [0.1, 0.15) is 5.75 Å². The van der Waals surface area contributed by atoms with Crippen LogP contribution < -0.4 is 4.74 Å². The number of fused-ring (bicyclic) bond motifs is 1. The number of thiophene rings is 1. The van der Waals surface area contributed by atoms with Gasteiger partial charge in [0, 0.05) is 71.5 Å². The Balaban J connectivity index is 1.49. The lowest BCUT2D eigenvalue weighted by Crippen LogP contribution is -2.24. The minimum Gasteiger partial charge on any atom is -0.497 e. The van der Waals surface area contributed by atoms with Crippen LogP contribution in [0.5, 0.6) is 5.75 Å². The van der Waals surface area contributed by atoms with Gasteiger partial charge in [0.05, 0.1) is 13.4 Å². The number of aromatic amines is 1. The van der Waals surface area contributed by atoms with E-state index in [1.54, 1.807) is 7.11 Å². The van der Waals surface area contributed by atoms with Crippen LogP contribution in [0.25, 0.3) is 10.9 Å². The van der Waals surface area contributed by atoms with Crippen molar-refractivity contribution in [1.82, 2.24) is 19.4 Å². The molecule has 6 heteroatoms. The Hall–Kier alpha value is -2.57. The summed E-state index contributed by atoms with van der Waals surface area (Å²) in [5.41, 5.74) is 2.45. The first-order valence-electron chi connectivity index (χ1n) is 9.58. The average Bonchev–Trinajstić information content (AvgIpc) is 3.44. The molecule has 1 aromatic carbocycles. The van der Waals surface area contributed by atoms with Crippen molar-refractivity contribution in [2.45, 2.75) is 33.0 Å². The molecule has 3 heterocycles. The number of nitrogens with one attached hydrogen (secondary N) is 1. The van der Waals surface area contributed by atoms with Crippen molar-refractivity contribution in [1.29, 1.82) is 0 Å². The van der Waals surface area contributed by atoms with Crippen LogP contribution in [0.3, 0.4) is 0 Å². The number of methoxy groups -OCH3 is 1. The molecule has 0 atom stereocenters. The van der Waals surface area contributed by atoms with E-state index in [9.17, 15) is 0 Å². The summed E-state index contributed by atoms with van der Waals surface area (Å²) in [5, 5.41) is 1.27. The Bertz CT molecular complexity index is 1020. The van der Waals surface area contributed by atoms with E-state index in [1.165, 1.54) is 20.7 Å². The summed E-state index contributed by atoms with van der Waals surface area (Å²) in [7, 11) is 1.70. The van der Waals surface area contributed by atoms with E-state index < -0.39 is 0 Å². The second-order valence-corrected chi connectivity index (χ2v) is 8.47. The largest absolute Gasteiger partial charge is 0.497 e. The quantitative estimate of drug-likeness (QED) is 0.442. The second-order valence-electron chi connectivity index (χ2n) is 7.10. The first-order chi connectivity index (χ1) is 13.7. The molecule has 0 bridgehead atoms. The number of ether oxygens (including phenoxy) is 1. The van der Waals surface area contributed by atoms with E-state index in [0.717, 1.165) is 43.9 Å². The van der Waals surface area contributed by atoms with Gasteiger partial charge in [0.25, 0.3) is 0 Å². The number of aryl methyl sites for hydroxylation is 2. The Labute approximate surface area is 169 Å². The zero-order valence-corrected chi connectivity index (χ0v) is 17.2. The third-order valence-electron chi connectivity index (χ3n) is 4.99. The highest BCUT2D eigenvalue weighted by atomic mass is 32.1. The van der Waals surface area contributed by atoms with Crippen molar-refractivity contribution in [3.8, 4) is 5.75 Å². The number of hydrogen-bond donors (Lipinski definition) is 1. The third-order valence-corrected chi connectivity index (χ3v) is 5.98. The summed E-state index contributed by atoms with van der Waals surface area (Å²) in [6.07, 6.45) is 8.98. The molecule has 5 nitrogen and oxygen atoms in total. The lowest BCUT2D eigenvalue weighted by Gasteiger charge is -2.21. The van der Waals surface area contributed by atoms with Gasteiger partial charge in [-0.05, 0) is 43.2 Å². The number of rotatable bonds is 9. The van der Waals surface area contributed by atoms with Gasteiger partial charge >= 0.3 is 0 Å².